The Kier molecular flexibility index (Phi) is 12.4. The van der Waals surface area contributed by atoms with E-state index in [0.717, 1.165) is 33.1 Å². The molecule has 1 amide bonds. The molecule has 1 aromatic rings. The number of ketones is 1. The van der Waals surface area contributed by atoms with Gasteiger partial charge in [-0.2, -0.15) is 0 Å². The van der Waals surface area contributed by atoms with E-state index in [1.54, 1.807) is 45.9 Å². The third-order valence-corrected chi connectivity index (χ3v) is 13.7. The molecule has 16 heteroatoms. The number of amides is 1. The lowest BCUT2D eigenvalue weighted by atomic mass is 9.44. The van der Waals surface area contributed by atoms with Crippen molar-refractivity contribution in [2.24, 2.45) is 22.7 Å². The molecule has 4 N–H and O–H groups in total. The molecule has 59 heavy (non-hydrogen) atoms. The fourth-order valence-electron chi connectivity index (χ4n) is 10.6. The van der Waals surface area contributed by atoms with Gasteiger partial charge in [0.05, 0.1) is 42.3 Å². The third kappa shape index (κ3) is 7.54. The first-order chi connectivity index (χ1) is 27.7. The van der Waals surface area contributed by atoms with E-state index in [-0.39, 0.29) is 42.3 Å². The predicted molar refractivity (Wildman–Crippen MR) is 205 cm³/mol. The smallest absolute Gasteiger partial charge is 0.407 e. The molecule has 3 saturated carbocycles. The number of Topliss-reactive ketones (excluding diaryl/α,β-unsaturated/α-hetero) is 1. The average molecular weight is 828 g/mol. The molecule has 324 valence electrons. The Morgan fingerprint density at radius 2 is 1.63 bits per heavy atom. The van der Waals surface area contributed by atoms with Crippen LogP contribution in [0.5, 0.6) is 0 Å². The fraction of sp³-hybridized carbons (Fsp3) is 0.674. The van der Waals surface area contributed by atoms with Crippen LogP contribution in [-0.4, -0.2) is 118 Å². The van der Waals surface area contributed by atoms with Gasteiger partial charge in [0.15, 0.2) is 23.6 Å². The summed E-state index contributed by atoms with van der Waals surface area (Å²) >= 11 is 0. The molecule has 1 aliphatic heterocycles. The summed E-state index contributed by atoms with van der Waals surface area (Å²) in [4.78, 5) is 82.3. The Hall–Kier alpha value is -4.38. The van der Waals surface area contributed by atoms with E-state index < -0.39 is 113 Å². The molecule has 0 spiro atoms. The highest BCUT2D eigenvalue weighted by Crippen LogP contribution is 2.64. The molecular formula is C43H57NO15. The van der Waals surface area contributed by atoms with Crippen molar-refractivity contribution in [1.29, 1.82) is 0 Å². The molecule has 1 aromatic carbocycles. The van der Waals surface area contributed by atoms with Gasteiger partial charge in [-0.1, -0.05) is 51.3 Å². The summed E-state index contributed by atoms with van der Waals surface area (Å²) in [5, 5.41) is 39.9. The van der Waals surface area contributed by atoms with Gasteiger partial charge >= 0.3 is 30.0 Å². The number of nitrogens with one attached hydrogen (secondary N) is 1. The van der Waals surface area contributed by atoms with E-state index in [0.29, 0.717) is 12.8 Å². The molecule has 0 aromatic heterocycles. The molecule has 2 bridgehead atoms. The molecule has 0 unspecified atom stereocenters. The standard InChI is InChI=1S/C43H57NO15/c1-8-54-39(52)44-31(25-15-11-9-12-16-25)32(48)38(51)57-27-20-43(53)36(58-37(50)26-17-13-10-14-18-26)34-41(7,28(47)19-29-42(34,21-55-29)59-24(4)46)35(49)33(56-23(3)45)30(22(27)2)40(43,5)6/h10,13-14,17-18,25,27-29,31-34,36,47-48,53H,8-9,11-12,15-16,19-21H2,1-7H3,(H,44,52)/t27-,28-,29+,31-,32+,33+,34-,36-,41+,42-,43+/m0/s1. The minimum absolute atomic E-state index is 0.0216. The fourth-order valence-corrected chi connectivity index (χ4v) is 10.6. The maximum Gasteiger partial charge on any atom is 0.407 e. The summed E-state index contributed by atoms with van der Waals surface area (Å²) in [7, 11) is 0. The van der Waals surface area contributed by atoms with E-state index in [1.807, 2.05) is 0 Å². The van der Waals surface area contributed by atoms with Crippen LogP contribution in [0.15, 0.2) is 41.5 Å². The Labute approximate surface area is 343 Å². The number of alkyl carbamates (subject to hydrolysis) is 1. The third-order valence-electron chi connectivity index (χ3n) is 13.7. The lowest BCUT2D eigenvalue weighted by Gasteiger charge is -2.67. The van der Waals surface area contributed by atoms with Crippen LogP contribution in [-0.2, 0) is 47.6 Å². The summed E-state index contributed by atoms with van der Waals surface area (Å²) in [6.45, 7) is 9.72. The lowest BCUT2D eigenvalue weighted by molar-refractivity contribution is -0.346. The lowest BCUT2D eigenvalue weighted by Crippen LogP contribution is -2.82. The van der Waals surface area contributed by atoms with Crippen molar-refractivity contribution in [3.8, 4) is 0 Å². The van der Waals surface area contributed by atoms with Gasteiger partial charge in [0, 0.05) is 32.1 Å². The van der Waals surface area contributed by atoms with Gasteiger partial charge in [-0.25, -0.2) is 14.4 Å². The molecule has 1 heterocycles. The molecule has 4 fully saturated rings. The molecule has 6 rings (SSSR count). The highest BCUT2D eigenvalue weighted by atomic mass is 16.6. The second-order valence-electron chi connectivity index (χ2n) is 17.4. The van der Waals surface area contributed by atoms with E-state index in [2.05, 4.69) is 5.32 Å². The zero-order chi connectivity index (χ0) is 43.2. The second-order valence-corrected chi connectivity index (χ2v) is 17.4. The van der Waals surface area contributed by atoms with E-state index in [9.17, 15) is 39.3 Å². The van der Waals surface area contributed by atoms with Crippen LogP contribution in [0.1, 0.15) is 104 Å². The summed E-state index contributed by atoms with van der Waals surface area (Å²) in [6.07, 6.45) is -7.21. The van der Waals surface area contributed by atoms with E-state index in [4.69, 9.17) is 28.4 Å². The van der Waals surface area contributed by atoms with Crippen molar-refractivity contribution in [3.63, 3.8) is 0 Å². The minimum Gasteiger partial charge on any atom is -0.456 e. The van der Waals surface area contributed by atoms with Crippen LogP contribution >= 0.6 is 0 Å². The molecule has 4 aliphatic carbocycles. The number of esters is 4. The van der Waals surface area contributed by atoms with Crippen LogP contribution in [0.2, 0.25) is 0 Å². The Morgan fingerprint density at radius 3 is 2.20 bits per heavy atom. The van der Waals surface area contributed by atoms with Crippen molar-refractivity contribution in [2.75, 3.05) is 13.2 Å². The van der Waals surface area contributed by atoms with Gasteiger partial charge in [-0.15, -0.1) is 0 Å². The van der Waals surface area contributed by atoms with Crippen LogP contribution in [0, 0.1) is 22.7 Å². The number of carbonyl (C=O) groups excluding carboxylic acids is 6. The number of carbonyl (C=O) groups is 6. The van der Waals surface area contributed by atoms with Crippen LogP contribution in [0.3, 0.4) is 0 Å². The topological polar surface area (TPSA) is 231 Å². The van der Waals surface area contributed by atoms with Gasteiger partial charge in [-0.05, 0) is 62.8 Å². The number of aliphatic hydroxyl groups is 3. The van der Waals surface area contributed by atoms with E-state index in [1.165, 1.54) is 19.1 Å². The number of benzene rings is 1. The molecule has 11 atom stereocenters. The minimum atomic E-state index is -2.36. The van der Waals surface area contributed by atoms with Crippen molar-refractivity contribution in [1.82, 2.24) is 5.32 Å². The maximum absolute atomic E-state index is 15.4. The predicted octanol–water partition coefficient (Wildman–Crippen LogP) is 3.26. The van der Waals surface area contributed by atoms with Crippen molar-refractivity contribution < 1.29 is 72.5 Å². The molecular weight excluding hydrogens is 770 g/mol. The summed E-state index contributed by atoms with van der Waals surface area (Å²) in [5.41, 5.74) is -7.47. The van der Waals surface area contributed by atoms with Crippen molar-refractivity contribution >= 4 is 35.8 Å². The van der Waals surface area contributed by atoms with Gasteiger partial charge < -0.3 is 49.1 Å². The molecule has 1 saturated heterocycles. The number of hydrogen-bond donors (Lipinski definition) is 4. The van der Waals surface area contributed by atoms with Crippen LogP contribution in [0.4, 0.5) is 4.79 Å². The Balaban J connectivity index is 1.54. The van der Waals surface area contributed by atoms with Crippen LogP contribution in [0.25, 0.3) is 0 Å². The zero-order valence-electron chi connectivity index (χ0n) is 34.7. The monoisotopic (exact) mass is 827 g/mol. The van der Waals surface area contributed by atoms with E-state index >= 15 is 4.79 Å². The van der Waals surface area contributed by atoms with Gasteiger partial charge in [0.2, 0.25) is 0 Å². The number of hydrogen-bond acceptors (Lipinski definition) is 15. The second kappa shape index (κ2) is 16.6. The Morgan fingerprint density at radius 1 is 0.966 bits per heavy atom. The first kappa shape index (κ1) is 44.2. The normalized spacial score (nSPS) is 34.8. The van der Waals surface area contributed by atoms with Crippen LogP contribution < -0.4 is 5.32 Å². The number of fused-ring (bicyclic) bond motifs is 5. The number of ether oxygens (including phenoxy) is 6. The largest absolute Gasteiger partial charge is 0.456 e. The summed E-state index contributed by atoms with van der Waals surface area (Å²) in [5.74, 6) is -6.39. The molecule has 0 radical (unpaired) electrons. The number of rotatable bonds is 10. The summed E-state index contributed by atoms with van der Waals surface area (Å²) in [6, 6.07) is 6.78. The highest BCUT2D eigenvalue weighted by Gasteiger charge is 2.78. The van der Waals surface area contributed by atoms with Gasteiger partial charge in [0.1, 0.15) is 23.9 Å². The molecule has 5 aliphatic rings. The average Bonchev–Trinajstić information content (AvgIpc) is 3.18. The zero-order valence-corrected chi connectivity index (χ0v) is 34.7. The number of aliphatic hydroxyl groups excluding tert-OH is 2. The van der Waals surface area contributed by atoms with Gasteiger partial charge in [0.25, 0.3) is 0 Å². The first-order valence-corrected chi connectivity index (χ1v) is 20.5. The Bertz CT molecular complexity index is 1860. The highest BCUT2D eigenvalue weighted by molar-refractivity contribution is 5.95. The quantitative estimate of drug-likeness (QED) is 0.151. The van der Waals surface area contributed by atoms with Crippen molar-refractivity contribution in [3.05, 3.63) is 47.0 Å². The maximum atomic E-state index is 15.4. The molecule has 16 nitrogen and oxygen atoms in total. The van der Waals surface area contributed by atoms with Crippen molar-refractivity contribution in [2.45, 2.75) is 147 Å². The van der Waals surface area contributed by atoms with Gasteiger partial charge in [-0.3, -0.25) is 14.4 Å². The summed E-state index contributed by atoms with van der Waals surface area (Å²) < 4.78 is 35.3. The SMILES string of the molecule is CCOC(=O)N[C@@H](C1CCCCC1)[C@@H](O)C(=O)O[C@H]1C[C@@]2(O)[C@@H](OC(=O)c3ccccc3)[C@@H]3[C@]4(OC(C)=O)CO[C@@H]4C[C@H](O)[C@@]3(C)C(=O)[C@H](OC(C)=O)C(=C1C)C2(C)C. The first-order valence-electron chi connectivity index (χ1n) is 20.5.